The van der Waals surface area contributed by atoms with Crippen molar-refractivity contribution in [3.8, 4) is 0 Å². The van der Waals surface area contributed by atoms with Crippen molar-refractivity contribution in [3.63, 3.8) is 0 Å². The Bertz CT molecular complexity index is 570. The van der Waals surface area contributed by atoms with Gasteiger partial charge in [-0.15, -0.1) is 0 Å². The van der Waals surface area contributed by atoms with Crippen LogP contribution in [0, 0.1) is 0 Å². The number of sulfonamides is 1. The summed E-state index contributed by atoms with van der Waals surface area (Å²) in [4.78, 5) is 15.2. The van der Waals surface area contributed by atoms with E-state index < -0.39 is 22.0 Å². The van der Waals surface area contributed by atoms with E-state index in [-0.39, 0.29) is 10.7 Å². The molecule has 2 rings (SSSR count). The highest BCUT2D eigenvalue weighted by atomic mass is 32.2. The number of piperidine rings is 1. The first-order valence-corrected chi connectivity index (χ1v) is 7.39. The molecule has 0 radical (unpaired) electrons. The zero-order chi connectivity index (χ0) is 14.0. The van der Waals surface area contributed by atoms with Crippen molar-refractivity contribution in [2.24, 2.45) is 5.73 Å². The molecule has 0 aromatic carbocycles. The fraction of sp³-hybridized carbons (Fsp3) is 0.455. The molecule has 1 unspecified atom stereocenters. The summed E-state index contributed by atoms with van der Waals surface area (Å²) in [7, 11) is -3.76. The van der Waals surface area contributed by atoms with E-state index in [0.717, 1.165) is 10.7 Å². The van der Waals surface area contributed by atoms with Crippen molar-refractivity contribution in [2.45, 2.75) is 30.2 Å². The van der Waals surface area contributed by atoms with Gasteiger partial charge in [-0.05, 0) is 25.0 Å². The fourth-order valence-corrected chi connectivity index (χ4v) is 3.77. The van der Waals surface area contributed by atoms with E-state index >= 15 is 0 Å². The van der Waals surface area contributed by atoms with Gasteiger partial charge in [0.25, 0.3) is 0 Å². The molecule has 0 bridgehead atoms. The number of primary amides is 1. The van der Waals surface area contributed by atoms with E-state index in [9.17, 15) is 13.2 Å². The summed E-state index contributed by atoms with van der Waals surface area (Å²) in [6.07, 6.45) is 3.15. The van der Waals surface area contributed by atoms with Crippen LogP contribution >= 0.6 is 0 Å². The first kappa shape index (κ1) is 13.8. The van der Waals surface area contributed by atoms with Gasteiger partial charge in [0.1, 0.15) is 16.8 Å². The Morgan fingerprint density at radius 3 is 2.68 bits per heavy atom. The van der Waals surface area contributed by atoms with Crippen molar-refractivity contribution >= 4 is 21.7 Å². The molecule has 1 aliphatic heterocycles. The minimum absolute atomic E-state index is 0.0230. The van der Waals surface area contributed by atoms with E-state index in [0.29, 0.717) is 19.4 Å². The summed E-state index contributed by atoms with van der Waals surface area (Å²) in [6.45, 7) is 0.292. The molecule has 0 spiro atoms. The molecular weight excluding hydrogens is 268 g/mol. The van der Waals surface area contributed by atoms with Crippen LogP contribution in [0.15, 0.2) is 23.2 Å². The van der Waals surface area contributed by atoms with Gasteiger partial charge in [0.15, 0.2) is 0 Å². The highest BCUT2D eigenvalue weighted by Gasteiger charge is 2.36. The summed E-state index contributed by atoms with van der Waals surface area (Å²) in [6, 6.07) is 2.01. The molecule has 0 saturated carbocycles. The van der Waals surface area contributed by atoms with Gasteiger partial charge in [0.2, 0.25) is 15.9 Å². The van der Waals surface area contributed by atoms with Gasteiger partial charge in [-0.25, -0.2) is 13.4 Å². The first-order valence-electron chi connectivity index (χ1n) is 5.95. The average Bonchev–Trinajstić information content (AvgIpc) is 2.39. The van der Waals surface area contributed by atoms with Crippen LogP contribution in [0.3, 0.4) is 0 Å². The molecule has 1 atom stereocenters. The van der Waals surface area contributed by atoms with Crippen molar-refractivity contribution in [3.05, 3.63) is 18.3 Å². The molecule has 1 aliphatic rings. The quantitative estimate of drug-likeness (QED) is 0.789. The number of carbonyl (C=O) groups is 1. The maximum absolute atomic E-state index is 12.5. The Morgan fingerprint density at radius 1 is 1.37 bits per heavy atom. The highest BCUT2D eigenvalue weighted by Crippen LogP contribution is 2.25. The van der Waals surface area contributed by atoms with E-state index in [4.69, 9.17) is 11.5 Å². The van der Waals surface area contributed by atoms with Crippen molar-refractivity contribution in [2.75, 3.05) is 12.3 Å². The highest BCUT2D eigenvalue weighted by molar-refractivity contribution is 7.89. The monoisotopic (exact) mass is 284 g/mol. The zero-order valence-electron chi connectivity index (χ0n) is 10.3. The Morgan fingerprint density at radius 2 is 2.11 bits per heavy atom. The molecule has 104 valence electrons. The Hall–Kier alpha value is -1.67. The van der Waals surface area contributed by atoms with E-state index in [1.807, 2.05) is 0 Å². The molecule has 19 heavy (non-hydrogen) atoms. The Labute approximate surface area is 111 Å². The maximum Gasteiger partial charge on any atom is 0.245 e. The van der Waals surface area contributed by atoms with Gasteiger partial charge < -0.3 is 11.5 Å². The standard InChI is InChI=1S/C11H16N4O3S/c12-10-5-4-8(7-14-10)19(17,18)15-6-2-1-3-9(15)11(13)16/h4-5,7,9H,1-3,6H2,(H2,12,14)(H2,13,16). The van der Waals surface area contributed by atoms with Gasteiger partial charge in [0.05, 0.1) is 0 Å². The largest absolute Gasteiger partial charge is 0.384 e. The van der Waals surface area contributed by atoms with Crippen LogP contribution < -0.4 is 11.5 Å². The topological polar surface area (TPSA) is 119 Å². The van der Waals surface area contributed by atoms with Crippen LogP contribution in [0.1, 0.15) is 19.3 Å². The molecule has 4 N–H and O–H groups in total. The third-order valence-electron chi connectivity index (χ3n) is 3.15. The summed E-state index contributed by atoms with van der Waals surface area (Å²) < 4.78 is 26.1. The predicted octanol–water partition coefficient (Wildman–Crippen LogP) is -0.308. The van der Waals surface area contributed by atoms with Crippen LogP contribution in [0.5, 0.6) is 0 Å². The smallest absolute Gasteiger partial charge is 0.245 e. The molecule has 1 saturated heterocycles. The molecule has 1 amide bonds. The normalized spacial score (nSPS) is 21.2. The van der Waals surface area contributed by atoms with E-state index in [2.05, 4.69) is 4.98 Å². The number of aromatic nitrogens is 1. The number of nitrogen functional groups attached to an aromatic ring is 1. The van der Waals surface area contributed by atoms with Crippen molar-refractivity contribution < 1.29 is 13.2 Å². The lowest BCUT2D eigenvalue weighted by Gasteiger charge is -2.32. The SMILES string of the molecule is NC(=O)C1CCCCN1S(=O)(=O)c1ccc(N)nc1. The molecule has 0 aliphatic carbocycles. The van der Waals surface area contributed by atoms with Gasteiger partial charge >= 0.3 is 0 Å². The lowest BCUT2D eigenvalue weighted by molar-refractivity contribution is -0.122. The van der Waals surface area contributed by atoms with Crippen molar-refractivity contribution in [1.29, 1.82) is 0 Å². The number of carbonyl (C=O) groups excluding carboxylic acids is 1. The lowest BCUT2D eigenvalue weighted by Crippen LogP contribution is -2.50. The predicted molar refractivity (Wildman–Crippen MR) is 69.4 cm³/mol. The van der Waals surface area contributed by atoms with E-state index in [1.165, 1.54) is 18.3 Å². The second-order valence-electron chi connectivity index (χ2n) is 4.45. The number of hydrogen-bond donors (Lipinski definition) is 2. The maximum atomic E-state index is 12.5. The third-order valence-corrected chi connectivity index (χ3v) is 5.04. The van der Waals surface area contributed by atoms with Crippen LogP contribution in [-0.4, -0.2) is 36.2 Å². The van der Waals surface area contributed by atoms with Gasteiger partial charge in [-0.1, -0.05) is 6.42 Å². The first-order chi connectivity index (χ1) is 8.93. The summed E-state index contributed by atoms with van der Waals surface area (Å²) in [5.74, 6) is -0.379. The summed E-state index contributed by atoms with van der Waals surface area (Å²) >= 11 is 0. The number of nitrogens with zero attached hydrogens (tertiary/aromatic N) is 2. The van der Waals surface area contributed by atoms with Crippen LogP contribution in [0.4, 0.5) is 5.82 Å². The Balaban J connectivity index is 2.37. The molecule has 1 aromatic heterocycles. The second-order valence-corrected chi connectivity index (χ2v) is 6.34. The third kappa shape index (κ3) is 2.69. The van der Waals surface area contributed by atoms with Crippen molar-refractivity contribution in [1.82, 2.24) is 9.29 Å². The van der Waals surface area contributed by atoms with Crippen LogP contribution in [0.2, 0.25) is 0 Å². The molecule has 7 nitrogen and oxygen atoms in total. The molecule has 1 aromatic rings. The number of nitrogens with two attached hydrogens (primary N) is 2. The average molecular weight is 284 g/mol. The minimum Gasteiger partial charge on any atom is -0.384 e. The lowest BCUT2D eigenvalue weighted by atomic mass is 10.0. The molecule has 8 heteroatoms. The number of rotatable bonds is 3. The van der Waals surface area contributed by atoms with Crippen LogP contribution in [0.25, 0.3) is 0 Å². The fourth-order valence-electron chi connectivity index (χ4n) is 2.16. The number of amides is 1. The second kappa shape index (κ2) is 5.14. The molecule has 2 heterocycles. The number of anilines is 1. The minimum atomic E-state index is -3.76. The summed E-state index contributed by atoms with van der Waals surface area (Å²) in [5, 5.41) is 0. The van der Waals surface area contributed by atoms with Gasteiger partial charge in [-0.3, -0.25) is 4.79 Å². The number of hydrogen-bond acceptors (Lipinski definition) is 5. The molecular formula is C11H16N4O3S. The van der Waals surface area contributed by atoms with Gasteiger partial charge in [0, 0.05) is 12.7 Å². The van der Waals surface area contributed by atoms with Gasteiger partial charge in [-0.2, -0.15) is 4.31 Å². The number of pyridine rings is 1. The summed E-state index contributed by atoms with van der Waals surface area (Å²) in [5.41, 5.74) is 10.7. The Kier molecular flexibility index (Phi) is 3.72. The zero-order valence-corrected chi connectivity index (χ0v) is 11.1. The van der Waals surface area contributed by atoms with E-state index in [1.54, 1.807) is 0 Å². The van der Waals surface area contributed by atoms with Crippen LogP contribution in [-0.2, 0) is 14.8 Å². The molecule has 1 fully saturated rings.